The molecular weight excluding hydrogens is 242 g/mol. The highest BCUT2D eigenvalue weighted by molar-refractivity contribution is 6.31. The molecule has 5 nitrogen and oxygen atoms in total. The molecule has 1 aromatic rings. The first-order valence-electron chi connectivity index (χ1n) is 5.72. The van der Waals surface area contributed by atoms with E-state index in [4.69, 9.17) is 26.8 Å². The third-order valence-corrected chi connectivity index (χ3v) is 3.50. The van der Waals surface area contributed by atoms with Crippen LogP contribution in [0.2, 0.25) is 5.02 Å². The zero-order valence-corrected chi connectivity index (χ0v) is 10.9. The van der Waals surface area contributed by atoms with Crippen molar-refractivity contribution >= 4 is 11.6 Å². The van der Waals surface area contributed by atoms with Crippen LogP contribution in [0.25, 0.3) is 0 Å². The number of rotatable bonds is 3. The molecule has 96 valence electrons. The molecule has 0 saturated carbocycles. The Labute approximate surface area is 106 Å². The van der Waals surface area contributed by atoms with Gasteiger partial charge in [-0.1, -0.05) is 11.6 Å². The zero-order chi connectivity index (χ0) is 12.4. The molecule has 1 aromatic heterocycles. The summed E-state index contributed by atoms with van der Waals surface area (Å²) in [5.41, 5.74) is 7.90. The standard InChI is InChI=1S/C11H18ClN3O2/c1-7-11(12)9(15(2)14-7)5-8(13)10-6-16-3-4-17-10/h8,10H,3-6,13H2,1-2H3. The highest BCUT2D eigenvalue weighted by Crippen LogP contribution is 2.21. The summed E-state index contributed by atoms with van der Waals surface area (Å²) in [4.78, 5) is 0. The van der Waals surface area contributed by atoms with Crippen LogP contribution in [0.4, 0.5) is 0 Å². The Hall–Kier alpha value is -0.620. The molecule has 2 N–H and O–H groups in total. The van der Waals surface area contributed by atoms with Crippen LogP contribution in [0.3, 0.4) is 0 Å². The molecule has 0 amide bonds. The van der Waals surface area contributed by atoms with Gasteiger partial charge in [-0.3, -0.25) is 4.68 Å². The molecule has 0 bridgehead atoms. The van der Waals surface area contributed by atoms with Gasteiger partial charge in [-0.25, -0.2) is 0 Å². The molecule has 1 fully saturated rings. The van der Waals surface area contributed by atoms with Crippen LogP contribution in [-0.4, -0.2) is 41.7 Å². The minimum absolute atomic E-state index is 0.0602. The molecule has 0 aromatic carbocycles. The normalized spacial score (nSPS) is 22.7. The van der Waals surface area contributed by atoms with E-state index in [0.29, 0.717) is 31.3 Å². The average molecular weight is 260 g/mol. The van der Waals surface area contributed by atoms with Gasteiger partial charge in [0.05, 0.1) is 42.3 Å². The van der Waals surface area contributed by atoms with E-state index in [1.54, 1.807) is 4.68 Å². The summed E-state index contributed by atoms with van der Waals surface area (Å²) in [6.45, 7) is 3.69. The lowest BCUT2D eigenvalue weighted by atomic mass is 10.1. The van der Waals surface area contributed by atoms with Gasteiger partial charge in [0.2, 0.25) is 0 Å². The molecule has 1 saturated heterocycles. The van der Waals surface area contributed by atoms with E-state index in [2.05, 4.69) is 5.10 Å². The number of hydrogen-bond donors (Lipinski definition) is 1. The molecule has 2 rings (SSSR count). The Morgan fingerprint density at radius 2 is 2.35 bits per heavy atom. The Morgan fingerprint density at radius 1 is 1.59 bits per heavy atom. The fraction of sp³-hybridized carbons (Fsp3) is 0.727. The highest BCUT2D eigenvalue weighted by atomic mass is 35.5. The first-order valence-corrected chi connectivity index (χ1v) is 6.10. The second-order valence-corrected chi connectivity index (χ2v) is 4.70. The number of halogens is 1. The number of aryl methyl sites for hydroxylation is 2. The van der Waals surface area contributed by atoms with E-state index < -0.39 is 0 Å². The second-order valence-electron chi connectivity index (χ2n) is 4.32. The predicted octanol–water partition coefficient (Wildman–Crippen LogP) is 0.667. The van der Waals surface area contributed by atoms with E-state index in [1.165, 1.54) is 0 Å². The fourth-order valence-corrected chi connectivity index (χ4v) is 2.25. The lowest BCUT2D eigenvalue weighted by molar-refractivity contribution is -0.0969. The maximum absolute atomic E-state index is 6.19. The van der Waals surface area contributed by atoms with E-state index in [0.717, 1.165) is 11.4 Å². The van der Waals surface area contributed by atoms with Crippen molar-refractivity contribution in [3.63, 3.8) is 0 Å². The van der Waals surface area contributed by atoms with Gasteiger partial charge in [-0.05, 0) is 6.92 Å². The molecule has 0 radical (unpaired) electrons. The van der Waals surface area contributed by atoms with Gasteiger partial charge in [0.15, 0.2) is 0 Å². The molecule has 17 heavy (non-hydrogen) atoms. The van der Waals surface area contributed by atoms with Gasteiger partial charge >= 0.3 is 0 Å². The maximum Gasteiger partial charge on any atom is 0.0963 e. The van der Waals surface area contributed by atoms with Crippen LogP contribution >= 0.6 is 11.6 Å². The van der Waals surface area contributed by atoms with Crippen molar-refractivity contribution in [2.45, 2.75) is 25.5 Å². The molecule has 0 spiro atoms. The lowest BCUT2D eigenvalue weighted by Crippen LogP contribution is -2.45. The molecule has 2 unspecified atom stereocenters. The van der Waals surface area contributed by atoms with Gasteiger partial charge < -0.3 is 15.2 Å². The lowest BCUT2D eigenvalue weighted by Gasteiger charge is -2.28. The summed E-state index contributed by atoms with van der Waals surface area (Å²) in [6.07, 6.45) is 0.583. The van der Waals surface area contributed by atoms with Crippen LogP contribution in [-0.2, 0) is 22.9 Å². The predicted molar refractivity (Wildman–Crippen MR) is 65.2 cm³/mol. The van der Waals surface area contributed by atoms with E-state index in [9.17, 15) is 0 Å². The summed E-state index contributed by atoms with van der Waals surface area (Å²) < 4.78 is 12.7. The van der Waals surface area contributed by atoms with Crippen molar-refractivity contribution in [2.75, 3.05) is 19.8 Å². The maximum atomic E-state index is 6.19. The first kappa shape index (κ1) is 12.8. The van der Waals surface area contributed by atoms with Gasteiger partial charge in [0.1, 0.15) is 0 Å². The number of ether oxygens (including phenoxy) is 2. The highest BCUT2D eigenvalue weighted by Gasteiger charge is 2.24. The summed E-state index contributed by atoms with van der Waals surface area (Å²) in [5.74, 6) is 0. The summed E-state index contributed by atoms with van der Waals surface area (Å²) in [5, 5.41) is 4.96. The van der Waals surface area contributed by atoms with Gasteiger partial charge in [0, 0.05) is 19.5 Å². The Morgan fingerprint density at radius 3 is 2.88 bits per heavy atom. The van der Waals surface area contributed by atoms with Crippen molar-refractivity contribution in [1.82, 2.24) is 9.78 Å². The quantitative estimate of drug-likeness (QED) is 0.867. The summed E-state index contributed by atoms with van der Waals surface area (Å²) in [6, 6.07) is -0.123. The minimum Gasteiger partial charge on any atom is -0.376 e. The van der Waals surface area contributed by atoms with Gasteiger partial charge in [-0.2, -0.15) is 5.10 Å². The number of nitrogens with zero attached hydrogens (tertiary/aromatic N) is 2. The first-order chi connectivity index (χ1) is 8.09. The van der Waals surface area contributed by atoms with Crippen LogP contribution in [0, 0.1) is 6.92 Å². The molecule has 0 aliphatic carbocycles. The van der Waals surface area contributed by atoms with E-state index in [-0.39, 0.29) is 12.1 Å². The molecule has 6 heteroatoms. The average Bonchev–Trinajstić information content (AvgIpc) is 2.57. The third-order valence-electron chi connectivity index (χ3n) is 3.01. The van der Waals surface area contributed by atoms with E-state index >= 15 is 0 Å². The summed E-state index contributed by atoms with van der Waals surface area (Å²) >= 11 is 6.19. The SMILES string of the molecule is Cc1nn(C)c(CC(N)C2COCCO2)c1Cl. The van der Waals surface area contributed by atoms with Crippen molar-refractivity contribution in [3.05, 3.63) is 16.4 Å². The molecule has 1 aliphatic rings. The number of aromatic nitrogens is 2. The van der Waals surface area contributed by atoms with Crippen LogP contribution < -0.4 is 5.73 Å². The Balaban J connectivity index is 2.04. The zero-order valence-electron chi connectivity index (χ0n) is 10.1. The monoisotopic (exact) mass is 259 g/mol. The molecular formula is C11H18ClN3O2. The van der Waals surface area contributed by atoms with Crippen molar-refractivity contribution < 1.29 is 9.47 Å². The van der Waals surface area contributed by atoms with E-state index in [1.807, 2.05) is 14.0 Å². The van der Waals surface area contributed by atoms with Crippen molar-refractivity contribution in [3.8, 4) is 0 Å². The smallest absolute Gasteiger partial charge is 0.0963 e. The van der Waals surface area contributed by atoms with Crippen LogP contribution in [0.1, 0.15) is 11.4 Å². The number of nitrogens with two attached hydrogens (primary N) is 1. The van der Waals surface area contributed by atoms with Crippen LogP contribution in [0.5, 0.6) is 0 Å². The van der Waals surface area contributed by atoms with Gasteiger partial charge in [-0.15, -0.1) is 0 Å². The van der Waals surface area contributed by atoms with Crippen LogP contribution in [0.15, 0.2) is 0 Å². The summed E-state index contributed by atoms with van der Waals surface area (Å²) in [7, 11) is 1.87. The fourth-order valence-electron chi connectivity index (χ4n) is 2.01. The van der Waals surface area contributed by atoms with Crippen molar-refractivity contribution in [1.29, 1.82) is 0 Å². The minimum atomic E-state index is -0.123. The molecule has 2 heterocycles. The Bertz CT molecular complexity index is 388. The second kappa shape index (κ2) is 5.35. The largest absolute Gasteiger partial charge is 0.376 e. The Kier molecular flexibility index (Phi) is 4.04. The molecule has 2 atom stereocenters. The third kappa shape index (κ3) is 2.80. The topological polar surface area (TPSA) is 62.3 Å². The van der Waals surface area contributed by atoms with Gasteiger partial charge in [0.25, 0.3) is 0 Å². The molecule has 1 aliphatic heterocycles. The number of hydrogen-bond acceptors (Lipinski definition) is 4. The van der Waals surface area contributed by atoms with Crippen molar-refractivity contribution in [2.24, 2.45) is 12.8 Å².